The summed E-state index contributed by atoms with van der Waals surface area (Å²) in [5.74, 6) is 1.19. The minimum Gasteiger partial charge on any atom is -0.396 e. The van der Waals surface area contributed by atoms with Gasteiger partial charge in [0.15, 0.2) is 0 Å². The quantitative estimate of drug-likeness (QED) is 0.812. The van der Waals surface area contributed by atoms with Gasteiger partial charge in [0.1, 0.15) is 5.82 Å². The molecule has 0 aliphatic carbocycles. The van der Waals surface area contributed by atoms with E-state index in [1.807, 2.05) is 20.9 Å². The normalized spacial score (nSPS) is 13.3. The first-order valence-corrected chi connectivity index (χ1v) is 5.17. The lowest BCUT2D eigenvalue weighted by Crippen LogP contribution is -1.98. The molecule has 0 radical (unpaired) electrons. The average molecular weight is 204 g/mol. The molecule has 80 valence electrons. The molecule has 1 N–H and O–H groups in total. The Hall–Kier alpha value is -1.35. The number of hydrogen-bond acceptors (Lipinski definition) is 2. The molecule has 3 heteroatoms. The minimum atomic E-state index is 0.178. The van der Waals surface area contributed by atoms with Gasteiger partial charge in [0.2, 0.25) is 0 Å². The molecule has 1 aromatic heterocycles. The molecule has 2 aromatic rings. The highest BCUT2D eigenvalue weighted by Crippen LogP contribution is 2.21. The van der Waals surface area contributed by atoms with Crippen molar-refractivity contribution in [3.63, 3.8) is 0 Å². The van der Waals surface area contributed by atoms with Crippen LogP contribution in [-0.2, 0) is 7.05 Å². The first-order valence-electron chi connectivity index (χ1n) is 5.17. The van der Waals surface area contributed by atoms with Crippen LogP contribution in [0.25, 0.3) is 11.0 Å². The van der Waals surface area contributed by atoms with Crippen molar-refractivity contribution < 1.29 is 5.11 Å². The molecule has 0 bridgehead atoms. The average Bonchev–Trinajstić information content (AvgIpc) is 2.53. The second kappa shape index (κ2) is 3.66. The predicted octanol–water partition coefficient (Wildman–Crippen LogP) is 1.98. The molecule has 15 heavy (non-hydrogen) atoms. The van der Waals surface area contributed by atoms with Crippen LogP contribution < -0.4 is 0 Å². The smallest absolute Gasteiger partial charge is 0.106 e. The molecule has 1 heterocycles. The molecule has 3 nitrogen and oxygen atoms in total. The summed E-state index contributed by atoms with van der Waals surface area (Å²) in [5, 5.41) is 9.09. The largest absolute Gasteiger partial charge is 0.396 e. The van der Waals surface area contributed by atoms with Crippen LogP contribution in [0.15, 0.2) is 18.2 Å². The fraction of sp³-hybridized carbons (Fsp3) is 0.417. The number of aliphatic hydroxyl groups excluding tert-OH is 1. The number of imidazole rings is 1. The summed E-state index contributed by atoms with van der Waals surface area (Å²) in [4.78, 5) is 4.47. The van der Waals surface area contributed by atoms with Gasteiger partial charge in [-0.15, -0.1) is 0 Å². The van der Waals surface area contributed by atoms with Crippen molar-refractivity contribution in [3.05, 3.63) is 29.6 Å². The van der Waals surface area contributed by atoms with E-state index in [2.05, 4.69) is 27.8 Å². The molecule has 1 atom stereocenters. The summed E-state index contributed by atoms with van der Waals surface area (Å²) in [7, 11) is 2.01. The molecule has 0 saturated carbocycles. The summed E-state index contributed by atoms with van der Waals surface area (Å²) in [6.45, 7) is 4.18. The Morgan fingerprint density at radius 2 is 2.20 bits per heavy atom. The van der Waals surface area contributed by atoms with E-state index in [1.54, 1.807) is 0 Å². The van der Waals surface area contributed by atoms with Gasteiger partial charge in [0, 0.05) is 19.6 Å². The van der Waals surface area contributed by atoms with Gasteiger partial charge in [-0.2, -0.15) is 0 Å². The molecule has 0 fully saturated rings. The van der Waals surface area contributed by atoms with Crippen molar-refractivity contribution in [1.29, 1.82) is 0 Å². The third-order valence-corrected chi connectivity index (χ3v) is 2.97. The molecule has 0 amide bonds. The maximum atomic E-state index is 9.09. The van der Waals surface area contributed by atoms with Crippen LogP contribution in [0.5, 0.6) is 0 Å². The highest BCUT2D eigenvalue weighted by Gasteiger charge is 2.08. The second-order valence-corrected chi connectivity index (χ2v) is 4.05. The zero-order valence-electron chi connectivity index (χ0n) is 9.36. The van der Waals surface area contributed by atoms with Gasteiger partial charge in [-0.25, -0.2) is 4.98 Å². The van der Waals surface area contributed by atoms with Crippen LogP contribution in [0.2, 0.25) is 0 Å². The highest BCUT2D eigenvalue weighted by atomic mass is 16.3. The second-order valence-electron chi connectivity index (χ2n) is 4.05. The monoisotopic (exact) mass is 204 g/mol. The number of rotatable bonds is 2. The minimum absolute atomic E-state index is 0.178. The first-order chi connectivity index (χ1) is 7.13. The maximum absolute atomic E-state index is 9.09. The molecule has 0 spiro atoms. The Bertz CT molecular complexity index is 488. The molecule has 1 unspecified atom stereocenters. The topological polar surface area (TPSA) is 38.1 Å². The van der Waals surface area contributed by atoms with Crippen LogP contribution >= 0.6 is 0 Å². The molecule has 2 rings (SSSR count). The third kappa shape index (κ3) is 1.63. The number of fused-ring (bicyclic) bond motifs is 1. The Labute approximate surface area is 89.4 Å². The van der Waals surface area contributed by atoms with Gasteiger partial charge >= 0.3 is 0 Å². The van der Waals surface area contributed by atoms with E-state index in [0.29, 0.717) is 0 Å². The maximum Gasteiger partial charge on any atom is 0.106 e. The van der Waals surface area contributed by atoms with Gasteiger partial charge in [-0.05, 0) is 24.6 Å². The Morgan fingerprint density at radius 3 is 2.87 bits per heavy atom. The lowest BCUT2D eigenvalue weighted by Gasteiger charge is -2.07. The van der Waals surface area contributed by atoms with Crippen molar-refractivity contribution in [1.82, 2.24) is 9.55 Å². The highest BCUT2D eigenvalue weighted by molar-refractivity contribution is 5.76. The molecule has 1 aromatic carbocycles. The number of hydrogen-bond donors (Lipinski definition) is 1. The van der Waals surface area contributed by atoms with Crippen LogP contribution in [0.4, 0.5) is 0 Å². The van der Waals surface area contributed by atoms with Crippen molar-refractivity contribution in [3.8, 4) is 0 Å². The zero-order chi connectivity index (χ0) is 11.0. The van der Waals surface area contributed by atoms with Gasteiger partial charge < -0.3 is 9.67 Å². The molecule has 0 aliphatic heterocycles. The van der Waals surface area contributed by atoms with Gasteiger partial charge in [-0.1, -0.05) is 13.0 Å². The number of aliphatic hydroxyl groups is 1. The fourth-order valence-corrected chi connectivity index (χ4v) is 1.75. The SMILES string of the molecule is Cc1nc2cc(C(C)CO)ccc2n1C. The molecular weight excluding hydrogens is 188 g/mol. The molecule has 0 aliphatic rings. The zero-order valence-corrected chi connectivity index (χ0v) is 9.36. The van der Waals surface area contributed by atoms with Crippen LogP contribution in [0.3, 0.4) is 0 Å². The van der Waals surface area contributed by atoms with Crippen LogP contribution in [0, 0.1) is 6.92 Å². The summed E-state index contributed by atoms with van der Waals surface area (Å²) >= 11 is 0. The van der Waals surface area contributed by atoms with Gasteiger partial charge in [0.25, 0.3) is 0 Å². The van der Waals surface area contributed by atoms with Gasteiger partial charge in [-0.3, -0.25) is 0 Å². The Balaban J connectivity index is 2.57. The van der Waals surface area contributed by atoms with E-state index in [1.165, 1.54) is 0 Å². The predicted molar refractivity (Wildman–Crippen MR) is 61.0 cm³/mol. The number of aromatic nitrogens is 2. The van der Waals surface area contributed by atoms with Crippen molar-refractivity contribution in [2.24, 2.45) is 7.05 Å². The third-order valence-electron chi connectivity index (χ3n) is 2.97. The summed E-state index contributed by atoms with van der Waals surface area (Å²) in [5.41, 5.74) is 3.29. The summed E-state index contributed by atoms with van der Waals surface area (Å²) in [6, 6.07) is 6.18. The molecule has 0 saturated heterocycles. The molecular formula is C12H16N2O. The van der Waals surface area contributed by atoms with Crippen LogP contribution in [0.1, 0.15) is 24.2 Å². The first kappa shape index (κ1) is 10.2. The summed E-state index contributed by atoms with van der Waals surface area (Å²) < 4.78 is 2.07. The number of aryl methyl sites for hydroxylation is 2. The van der Waals surface area contributed by atoms with E-state index in [0.717, 1.165) is 22.4 Å². The van der Waals surface area contributed by atoms with Gasteiger partial charge in [0.05, 0.1) is 11.0 Å². The van der Waals surface area contributed by atoms with Crippen LogP contribution in [-0.4, -0.2) is 21.3 Å². The van der Waals surface area contributed by atoms with E-state index in [4.69, 9.17) is 5.11 Å². The van der Waals surface area contributed by atoms with E-state index < -0.39 is 0 Å². The Kier molecular flexibility index (Phi) is 2.49. The van der Waals surface area contributed by atoms with E-state index in [9.17, 15) is 0 Å². The fourth-order valence-electron chi connectivity index (χ4n) is 1.75. The summed E-state index contributed by atoms with van der Waals surface area (Å²) in [6.07, 6.45) is 0. The van der Waals surface area contributed by atoms with Crippen molar-refractivity contribution >= 4 is 11.0 Å². The van der Waals surface area contributed by atoms with Crippen molar-refractivity contribution in [2.75, 3.05) is 6.61 Å². The lowest BCUT2D eigenvalue weighted by molar-refractivity contribution is 0.273. The standard InChI is InChI=1S/C12H16N2O/c1-8(7-15)10-4-5-12-11(6-10)13-9(2)14(12)3/h4-6,8,15H,7H2,1-3H3. The van der Waals surface area contributed by atoms with E-state index in [-0.39, 0.29) is 12.5 Å². The lowest BCUT2D eigenvalue weighted by atomic mass is 10.0. The Morgan fingerprint density at radius 1 is 1.47 bits per heavy atom. The number of benzene rings is 1. The van der Waals surface area contributed by atoms with E-state index >= 15 is 0 Å². The van der Waals surface area contributed by atoms with Crippen molar-refractivity contribution in [2.45, 2.75) is 19.8 Å². The number of nitrogens with zero attached hydrogens (tertiary/aromatic N) is 2.